The lowest BCUT2D eigenvalue weighted by atomic mass is 9.93. The Morgan fingerprint density at radius 1 is 1.36 bits per heavy atom. The van der Waals surface area contributed by atoms with E-state index in [0.29, 0.717) is 5.92 Å². The molecule has 0 saturated heterocycles. The summed E-state index contributed by atoms with van der Waals surface area (Å²) in [6, 6.07) is 0. The molecule has 0 rings (SSSR count). The van der Waals surface area contributed by atoms with Gasteiger partial charge in [0.15, 0.2) is 0 Å². The molecule has 0 radical (unpaired) electrons. The van der Waals surface area contributed by atoms with Gasteiger partial charge in [0.05, 0.1) is 0 Å². The molecule has 0 fully saturated rings. The van der Waals surface area contributed by atoms with Crippen molar-refractivity contribution in [2.24, 2.45) is 11.3 Å². The van der Waals surface area contributed by atoms with E-state index in [1.165, 1.54) is 0 Å². The number of hydrogen-bond acceptors (Lipinski definition) is 1. The first-order valence-corrected chi connectivity index (χ1v) is 4.27. The third-order valence-electron chi connectivity index (χ3n) is 1.63. The highest BCUT2D eigenvalue weighted by atomic mass is 14.9. The average molecular weight is 155 g/mol. The molecule has 0 atom stereocenters. The summed E-state index contributed by atoms with van der Waals surface area (Å²) in [6.45, 7) is 15.9. The maximum Gasteiger partial charge on any atom is 0.0167 e. The van der Waals surface area contributed by atoms with E-state index < -0.39 is 0 Å². The van der Waals surface area contributed by atoms with Crippen LogP contribution >= 0.6 is 0 Å². The van der Waals surface area contributed by atoms with Gasteiger partial charge in [0, 0.05) is 17.7 Å². The van der Waals surface area contributed by atoms with Gasteiger partial charge < -0.3 is 5.32 Å². The number of nitrogens with one attached hydrogen (secondary N) is 1. The van der Waals surface area contributed by atoms with Gasteiger partial charge in [-0.15, -0.1) is 0 Å². The van der Waals surface area contributed by atoms with E-state index in [2.05, 4.69) is 46.5 Å². The molecule has 1 nitrogen and oxygen atoms in total. The molecule has 0 heterocycles. The van der Waals surface area contributed by atoms with Crippen molar-refractivity contribution in [2.45, 2.75) is 34.6 Å². The molecule has 0 aromatic carbocycles. The molecule has 1 N–H and O–H groups in total. The normalized spacial score (nSPS) is 11.8. The Bertz CT molecular complexity index is 128. The molecule has 0 saturated carbocycles. The van der Waals surface area contributed by atoms with Gasteiger partial charge in [-0.1, -0.05) is 41.2 Å². The SMILES string of the molecule is C=C(NCC(C)C)C(C)(C)C. The minimum atomic E-state index is 0.189. The molecular formula is C10H21N. The summed E-state index contributed by atoms with van der Waals surface area (Å²) >= 11 is 0. The van der Waals surface area contributed by atoms with Crippen LogP contribution in [0.2, 0.25) is 0 Å². The molecule has 0 bridgehead atoms. The fourth-order valence-electron chi connectivity index (χ4n) is 0.592. The predicted octanol–water partition coefficient (Wildman–Crippen LogP) is 2.79. The van der Waals surface area contributed by atoms with Crippen molar-refractivity contribution in [3.05, 3.63) is 12.3 Å². The Balaban J connectivity index is 3.71. The minimum Gasteiger partial charge on any atom is -0.388 e. The van der Waals surface area contributed by atoms with Crippen LogP contribution in [0.3, 0.4) is 0 Å². The van der Waals surface area contributed by atoms with Crippen molar-refractivity contribution >= 4 is 0 Å². The Morgan fingerprint density at radius 2 is 1.82 bits per heavy atom. The van der Waals surface area contributed by atoms with Crippen LogP contribution in [0.25, 0.3) is 0 Å². The number of rotatable bonds is 3. The predicted molar refractivity (Wildman–Crippen MR) is 51.4 cm³/mol. The second-order valence-corrected chi connectivity index (χ2v) is 4.50. The summed E-state index contributed by atoms with van der Waals surface area (Å²) in [4.78, 5) is 0. The van der Waals surface area contributed by atoms with E-state index in [-0.39, 0.29) is 5.41 Å². The van der Waals surface area contributed by atoms with Crippen LogP contribution in [0.4, 0.5) is 0 Å². The second-order valence-electron chi connectivity index (χ2n) is 4.50. The first-order chi connectivity index (χ1) is 4.84. The quantitative estimate of drug-likeness (QED) is 0.661. The first kappa shape index (κ1) is 10.5. The lowest BCUT2D eigenvalue weighted by Gasteiger charge is -2.24. The van der Waals surface area contributed by atoms with Gasteiger partial charge in [0.2, 0.25) is 0 Å². The van der Waals surface area contributed by atoms with Gasteiger partial charge in [-0.2, -0.15) is 0 Å². The van der Waals surface area contributed by atoms with E-state index in [1.54, 1.807) is 0 Å². The highest BCUT2D eigenvalue weighted by molar-refractivity contribution is 5.02. The van der Waals surface area contributed by atoms with E-state index in [4.69, 9.17) is 0 Å². The van der Waals surface area contributed by atoms with Crippen molar-refractivity contribution in [3.8, 4) is 0 Å². The lowest BCUT2D eigenvalue weighted by Crippen LogP contribution is -2.26. The smallest absolute Gasteiger partial charge is 0.0167 e. The zero-order valence-corrected chi connectivity index (χ0v) is 8.49. The van der Waals surface area contributed by atoms with E-state index in [0.717, 1.165) is 12.2 Å². The van der Waals surface area contributed by atoms with Crippen molar-refractivity contribution in [1.29, 1.82) is 0 Å². The van der Waals surface area contributed by atoms with Crippen LogP contribution in [0.1, 0.15) is 34.6 Å². The average Bonchev–Trinajstić information content (AvgIpc) is 1.80. The summed E-state index contributed by atoms with van der Waals surface area (Å²) in [7, 11) is 0. The molecule has 0 spiro atoms. The van der Waals surface area contributed by atoms with Crippen LogP contribution in [-0.2, 0) is 0 Å². The highest BCUT2D eigenvalue weighted by Crippen LogP contribution is 2.20. The maximum absolute atomic E-state index is 3.99. The fourth-order valence-corrected chi connectivity index (χ4v) is 0.592. The Kier molecular flexibility index (Phi) is 3.64. The monoisotopic (exact) mass is 155 g/mol. The zero-order chi connectivity index (χ0) is 9.07. The van der Waals surface area contributed by atoms with Crippen LogP contribution in [0, 0.1) is 11.3 Å². The van der Waals surface area contributed by atoms with E-state index in [1.807, 2.05) is 0 Å². The summed E-state index contributed by atoms with van der Waals surface area (Å²) < 4.78 is 0. The summed E-state index contributed by atoms with van der Waals surface area (Å²) in [5, 5.41) is 3.33. The largest absolute Gasteiger partial charge is 0.388 e. The first-order valence-electron chi connectivity index (χ1n) is 4.27. The van der Waals surface area contributed by atoms with Gasteiger partial charge in [0.1, 0.15) is 0 Å². The molecule has 0 aliphatic carbocycles. The van der Waals surface area contributed by atoms with Crippen molar-refractivity contribution in [3.63, 3.8) is 0 Å². The van der Waals surface area contributed by atoms with Crippen molar-refractivity contribution < 1.29 is 0 Å². The molecule has 0 aliphatic rings. The van der Waals surface area contributed by atoms with Gasteiger partial charge in [-0.05, 0) is 5.92 Å². The molecular weight excluding hydrogens is 134 g/mol. The highest BCUT2D eigenvalue weighted by Gasteiger charge is 2.13. The molecule has 66 valence electrons. The Labute approximate surface area is 70.9 Å². The molecule has 0 aliphatic heterocycles. The third kappa shape index (κ3) is 4.88. The van der Waals surface area contributed by atoms with Crippen LogP contribution in [-0.4, -0.2) is 6.54 Å². The fraction of sp³-hybridized carbons (Fsp3) is 0.800. The molecule has 0 unspecified atom stereocenters. The van der Waals surface area contributed by atoms with Crippen LogP contribution in [0.5, 0.6) is 0 Å². The Hall–Kier alpha value is -0.460. The summed E-state index contributed by atoms with van der Waals surface area (Å²) in [5.74, 6) is 0.689. The van der Waals surface area contributed by atoms with E-state index in [9.17, 15) is 0 Å². The summed E-state index contributed by atoms with van der Waals surface area (Å²) in [6.07, 6.45) is 0. The molecule has 0 aromatic heterocycles. The standard InChI is InChI=1S/C10H21N/c1-8(2)7-11-9(3)10(4,5)6/h8,11H,3,7H2,1-2,4-6H3. The van der Waals surface area contributed by atoms with Gasteiger partial charge in [0.25, 0.3) is 0 Å². The molecule has 0 amide bonds. The lowest BCUT2D eigenvalue weighted by molar-refractivity contribution is 0.445. The molecule has 1 heteroatoms. The Morgan fingerprint density at radius 3 is 2.09 bits per heavy atom. The maximum atomic E-state index is 3.99. The van der Waals surface area contributed by atoms with Crippen molar-refractivity contribution in [1.82, 2.24) is 5.32 Å². The van der Waals surface area contributed by atoms with Gasteiger partial charge >= 0.3 is 0 Å². The second kappa shape index (κ2) is 3.80. The van der Waals surface area contributed by atoms with Gasteiger partial charge in [-0.3, -0.25) is 0 Å². The van der Waals surface area contributed by atoms with E-state index >= 15 is 0 Å². The van der Waals surface area contributed by atoms with Crippen LogP contribution in [0.15, 0.2) is 12.3 Å². The van der Waals surface area contributed by atoms with Gasteiger partial charge in [-0.25, -0.2) is 0 Å². The van der Waals surface area contributed by atoms with Crippen molar-refractivity contribution in [2.75, 3.05) is 6.54 Å². The minimum absolute atomic E-state index is 0.189. The topological polar surface area (TPSA) is 12.0 Å². The number of allylic oxidation sites excluding steroid dienone is 1. The third-order valence-corrected chi connectivity index (χ3v) is 1.63. The number of hydrogen-bond donors (Lipinski definition) is 1. The molecule has 0 aromatic rings. The van der Waals surface area contributed by atoms with Crippen LogP contribution < -0.4 is 5.32 Å². The zero-order valence-electron chi connectivity index (χ0n) is 8.49. The summed E-state index contributed by atoms with van der Waals surface area (Å²) in [5.41, 5.74) is 1.32. The molecule has 11 heavy (non-hydrogen) atoms.